The molecule has 2 N–H and O–H groups in total. The highest BCUT2D eigenvalue weighted by molar-refractivity contribution is 5.81. The van der Waals surface area contributed by atoms with Crippen LogP contribution in [0.15, 0.2) is 12.7 Å². The Balaban J connectivity index is 1.86. The molecule has 108 valence electrons. The standard InChI is InChI=1S/C15H27N3O/c1-3-8-17-15(19)12(2)18(10-13-6-7-13)11-14-5-4-9-16-14/h3,12-14,16H,1,4-11H2,2H3,(H,17,19). The van der Waals surface area contributed by atoms with E-state index in [-0.39, 0.29) is 11.9 Å². The summed E-state index contributed by atoms with van der Waals surface area (Å²) in [6, 6.07) is 0.524. The van der Waals surface area contributed by atoms with E-state index in [0.29, 0.717) is 12.6 Å². The quantitative estimate of drug-likeness (QED) is 0.647. The van der Waals surface area contributed by atoms with Crippen LogP contribution in [0.2, 0.25) is 0 Å². The van der Waals surface area contributed by atoms with Gasteiger partial charge < -0.3 is 10.6 Å². The second-order valence-corrected chi connectivity index (χ2v) is 5.90. The van der Waals surface area contributed by atoms with Crippen LogP contribution in [0.5, 0.6) is 0 Å². The lowest BCUT2D eigenvalue weighted by atomic mass is 10.1. The maximum atomic E-state index is 12.1. The van der Waals surface area contributed by atoms with E-state index >= 15 is 0 Å². The van der Waals surface area contributed by atoms with E-state index in [1.54, 1.807) is 6.08 Å². The predicted octanol–water partition coefficient (Wildman–Crippen LogP) is 1.14. The Morgan fingerprint density at radius 2 is 2.26 bits per heavy atom. The Kier molecular flexibility index (Phi) is 5.40. The summed E-state index contributed by atoms with van der Waals surface area (Å²) >= 11 is 0. The second kappa shape index (κ2) is 7.06. The fourth-order valence-corrected chi connectivity index (χ4v) is 2.70. The van der Waals surface area contributed by atoms with Crippen molar-refractivity contribution in [2.24, 2.45) is 5.92 Å². The van der Waals surface area contributed by atoms with Gasteiger partial charge in [-0.1, -0.05) is 6.08 Å². The normalized spacial score (nSPS) is 24.4. The smallest absolute Gasteiger partial charge is 0.237 e. The van der Waals surface area contributed by atoms with Gasteiger partial charge >= 0.3 is 0 Å². The van der Waals surface area contributed by atoms with Gasteiger partial charge in [-0.3, -0.25) is 9.69 Å². The lowest BCUT2D eigenvalue weighted by Crippen LogP contribution is -2.50. The van der Waals surface area contributed by atoms with Crippen molar-refractivity contribution < 1.29 is 4.79 Å². The molecule has 2 rings (SSSR count). The molecule has 1 heterocycles. The molecule has 1 aliphatic carbocycles. The Hall–Kier alpha value is -0.870. The molecule has 0 radical (unpaired) electrons. The summed E-state index contributed by atoms with van der Waals surface area (Å²) in [7, 11) is 0. The average molecular weight is 265 g/mol. The van der Waals surface area contributed by atoms with Crippen LogP contribution in [0.3, 0.4) is 0 Å². The maximum Gasteiger partial charge on any atom is 0.237 e. The number of amides is 1. The van der Waals surface area contributed by atoms with Crippen molar-refractivity contribution in [3.63, 3.8) is 0 Å². The highest BCUT2D eigenvalue weighted by Gasteiger charge is 2.31. The van der Waals surface area contributed by atoms with Crippen molar-refractivity contribution in [2.45, 2.75) is 44.7 Å². The molecule has 4 heteroatoms. The molecule has 1 saturated heterocycles. The molecule has 2 aliphatic rings. The molecule has 1 amide bonds. The van der Waals surface area contributed by atoms with E-state index in [1.165, 1.54) is 25.7 Å². The maximum absolute atomic E-state index is 12.1. The number of carbonyl (C=O) groups excluding carboxylic acids is 1. The van der Waals surface area contributed by atoms with Gasteiger partial charge in [-0.25, -0.2) is 0 Å². The van der Waals surface area contributed by atoms with E-state index in [0.717, 1.165) is 25.6 Å². The minimum absolute atomic E-state index is 0.0389. The molecular formula is C15H27N3O. The van der Waals surface area contributed by atoms with Crippen LogP contribution in [0, 0.1) is 5.92 Å². The SMILES string of the molecule is C=CCNC(=O)C(C)N(CC1CC1)CC1CCCN1. The zero-order chi connectivity index (χ0) is 13.7. The number of hydrogen-bond acceptors (Lipinski definition) is 3. The summed E-state index contributed by atoms with van der Waals surface area (Å²) in [6.45, 7) is 9.41. The lowest BCUT2D eigenvalue weighted by molar-refractivity contribution is -0.125. The molecule has 0 spiro atoms. The largest absolute Gasteiger partial charge is 0.351 e. The molecule has 0 aromatic carbocycles. The van der Waals surface area contributed by atoms with Gasteiger partial charge in [0.1, 0.15) is 0 Å². The molecule has 2 atom stereocenters. The molecule has 4 nitrogen and oxygen atoms in total. The van der Waals surface area contributed by atoms with Gasteiger partial charge in [0.25, 0.3) is 0 Å². The molecular weight excluding hydrogens is 238 g/mol. The first kappa shape index (κ1) is 14.5. The highest BCUT2D eigenvalue weighted by atomic mass is 16.2. The van der Waals surface area contributed by atoms with Crippen molar-refractivity contribution in [1.29, 1.82) is 0 Å². The van der Waals surface area contributed by atoms with Crippen LogP contribution in [0.4, 0.5) is 0 Å². The Morgan fingerprint density at radius 1 is 1.47 bits per heavy atom. The fourth-order valence-electron chi connectivity index (χ4n) is 2.70. The van der Waals surface area contributed by atoms with Gasteiger partial charge in [-0.05, 0) is 45.1 Å². The first-order valence-corrected chi connectivity index (χ1v) is 7.56. The van der Waals surface area contributed by atoms with Crippen LogP contribution in [-0.4, -0.2) is 49.1 Å². The summed E-state index contributed by atoms with van der Waals surface area (Å²) < 4.78 is 0. The number of carbonyl (C=O) groups is 1. The predicted molar refractivity (Wildman–Crippen MR) is 78.0 cm³/mol. The monoisotopic (exact) mass is 265 g/mol. The molecule has 19 heavy (non-hydrogen) atoms. The van der Waals surface area contributed by atoms with Crippen LogP contribution in [0.1, 0.15) is 32.6 Å². The van der Waals surface area contributed by atoms with E-state index in [1.807, 2.05) is 6.92 Å². The fraction of sp³-hybridized carbons (Fsp3) is 0.800. The Bertz CT molecular complexity index is 309. The number of hydrogen-bond donors (Lipinski definition) is 2. The minimum atomic E-state index is -0.0389. The molecule has 0 aromatic heterocycles. The van der Waals surface area contributed by atoms with Crippen LogP contribution < -0.4 is 10.6 Å². The van der Waals surface area contributed by atoms with Gasteiger partial charge in [0.05, 0.1) is 6.04 Å². The van der Waals surface area contributed by atoms with Gasteiger partial charge in [0, 0.05) is 25.7 Å². The van der Waals surface area contributed by atoms with Crippen LogP contribution in [-0.2, 0) is 4.79 Å². The number of nitrogens with one attached hydrogen (secondary N) is 2. The zero-order valence-electron chi connectivity index (χ0n) is 12.0. The molecule has 0 aromatic rings. The third-order valence-electron chi connectivity index (χ3n) is 4.15. The Labute approximate surface area is 116 Å². The second-order valence-electron chi connectivity index (χ2n) is 5.90. The summed E-state index contributed by atoms with van der Waals surface area (Å²) in [4.78, 5) is 14.5. The molecule has 2 unspecified atom stereocenters. The lowest BCUT2D eigenvalue weighted by Gasteiger charge is -2.30. The van der Waals surface area contributed by atoms with Crippen LogP contribution >= 0.6 is 0 Å². The van der Waals surface area contributed by atoms with Gasteiger partial charge in [0.2, 0.25) is 5.91 Å². The molecule has 1 aliphatic heterocycles. The molecule has 0 bridgehead atoms. The first-order chi connectivity index (χ1) is 9.20. The summed E-state index contributed by atoms with van der Waals surface area (Å²) in [6.07, 6.45) is 6.89. The summed E-state index contributed by atoms with van der Waals surface area (Å²) in [5.74, 6) is 0.939. The van der Waals surface area contributed by atoms with E-state index < -0.39 is 0 Å². The number of nitrogens with zero attached hydrogens (tertiary/aromatic N) is 1. The molecule has 1 saturated carbocycles. The topological polar surface area (TPSA) is 44.4 Å². The Morgan fingerprint density at radius 3 is 2.84 bits per heavy atom. The van der Waals surface area contributed by atoms with Gasteiger partial charge in [0.15, 0.2) is 0 Å². The van der Waals surface area contributed by atoms with Gasteiger partial charge in [-0.15, -0.1) is 6.58 Å². The van der Waals surface area contributed by atoms with Crippen molar-refractivity contribution in [3.8, 4) is 0 Å². The van der Waals surface area contributed by atoms with E-state index in [2.05, 4.69) is 22.1 Å². The third kappa shape index (κ3) is 4.62. The van der Waals surface area contributed by atoms with Crippen molar-refractivity contribution in [1.82, 2.24) is 15.5 Å². The van der Waals surface area contributed by atoms with E-state index in [4.69, 9.17) is 0 Å². The third-order valence-corrected chi connectivity index (χ3v) is 4.15. The summed E-state index contributed by atoms with van der Waals surface area (Å²) in [5, 5.41) is 6.44. The highest BCUT2D eigenvalue weighted by Crippen LogP contribution is 2.30. The zero-order valence-corrected chi connectivity index (χ0v) is 12.0. The van der Waals surface area contributed by atoms with Crippen LogP contribution in [0.25, 0.3) is 0 Å². The van der Waals surface area contributed by atoms with Crippen molar-refractivity contribution in [2.75, 3.05) is 26.2 Å². The average Bonchev–Trinajstić information content (AvgIpc) is 3.08. The molecule has 2 fully saturated rings. The number of rotatable bonds is 8. The van der Waals surface area contributed by atoms with Crippen molar-refractivity contribution in [3.05, 3.63) is 12.7 Å². The van der Waals surface area contributed by atoms with Gasteiger partial charge in [-0.2, -0.15) is 0 Å². The van der Waals surface area contributed by atoms with Crippen molar-refractivity contribution >= 4 is 5.91 Å². The summed E-state index contributed by atoms with van der Waals surface area (Å²) in [5.41, 5.74) is 0. The minimum Gasteiger partial charge on any atom is -0.351 e. The first-order valence-electron chi connectivity index (χ1n) is 7.56. The van der Waals surface area contributed by atoms with E-state index in [9.17, 15) is 4.79 Å².